The monoisotopic (exact) mass is 292 g/mol. The number of anilines is 2. The minimum absolute atomic E-state index is 0.682. The van der Waals surface area contributed by atoms with Crippen molar-refractivity contribution < 1.29 is 0 Å². The van der Waals surface area contributed by atoms with Crippen LogP contribution in [0.3, 0.4) is 0 Å². The van der Waals surface area contributed by atoms with E-state index < -0.39 is 0 Å². The smallest absolute Gasteiger partial charge is 0.0467 e. The number of benzene rings is 2. The highest BCUT2D eigenvalue weighted by Crippen LogP contribution is 2.28. The van der Waals surface area contributed by atoms with Gasteiger partial charge in [0.15, 0.2) is 0 Å². The first-order valence-electron chi connectivity index (χ1n) is 6.17. The van der Waals surface area contributed by atoms with Gasteiger partial charge in [0.05, 0.1) is 0 Å². The standard InChI is InChI=1S/C15H17ClN2S/c16-12-6-7-15(14(18)10-12)19-8-2-4-11-3-1-5-13(17)9-11/h1,3,5-7,9-10H,2,4,8,17-18H2. The number of hydrogen-bond acceptors (Lipinski definition) is 3. The number of nitrogens with two attached hydrogens (primary N) is 2. The van der Waals surface area contributed by atoms with Crippen LogP contribution in [0.25, 0.3) is 0 Å². The molecule has 2 aromatic rings. The highest BCUT2D eigenvalue weighted by atomic mass is 35.5. The molecule has 4 N–H and O–H groups in total. The first kappa shape index (κ1) is 14.1. The van der Waals surface area contributed by atoms with Crippen molar-refractivity contribution >= 4 is 34.7 Å². The molecule has 0 aliphatic rings. The van der Waals surface area contributed by atoms with Crippen LogP contribution in [-0.4, -0.2) is 5.75 Å². The average Bonchev–Trinajstić information content (AvgIpc) is 2.37. The molecule has 0 aliphatic heterocycles. The Morgan fingerprint density at radius 3 is 2.63 bits per heavy atom. The Morgan fingerprint density at radius 2 is 1.89 bits per heavy atom. The predicted molar refractivity (Wildman–Crippen MR) is 85.8 cm³/mol. The molecule has 0 aromatic heterocycles. The van der Waals surface area contributed by atoms with Crippen LogP contribution in [0.2, 0.25) is 5.02 Å². The molecule has 0 saturated heterocycles. The van der Waals surface area contributed by atoms with E-state index in [0.29, 0.717) is 5.02 Å². The lowest BCUT2D eigenvalue weighted by Gasteiger charge is -2.06. The van der Waals surface area contributed by atoms with Gasteiger partial charge in [-0.15, -0.1) is 11.8 Å². The number of nitrogen functional groups attached to an aromatic ring is 2. The summed E-state index contributed by atoms with van der Waals surface area (Å²) in [6.45, 7) is 0. The third kappa shape index (κ3) is 4.37. The minimum atomic E-state index is 0.682. The van der Waals surface area contributed by atoms with Crippen LogP contribution in [0.4, 0.5) is 11.4 Å². The normalized spacial score (nSPS) is 10.6. The van der Waals surface area contributed by atoms with Crippen molar-refractivity contribution in [1.82, 2.24) is 0 Å². The summed E-state index contributed by atoms with van der Waals surface area (Å²) in [6, 6.07) is 13.7. The Bertz CT molecular complexity index is 558. The van der Waals surface area contributed by atoms with Crippen molar-refractivity contribution in [3.05, 3.63) is 53.1 Å². The zero-order chi connectivity index (χ0) is 13.7. The second kappa shape index (κ2) is 6.73. The van der Waals surface area contributed by atoms with Gasteiger partial charge in [-0.3, -0.25) is 0 Å². The molecule has 0 amide bonds. The van der Waals surface area contributed by atoms with Gasteiger partial charge in [-0.25, -0.2) is 0 Å². The largest absolute Gasteiger partial charge is 0.399 e. The molecular formula is C15H17ClN2S. The van der Waals surface area contributed by atoms with Crippen LogP contribution in [0.1, 0.15) is 12.0 Å². The molecule has 4 heteroatoms. The maximum Gasteiger partial charge on any atom is 0.0467 e. The van der Waals surface area contributed by atoms with Gasteiger partial charge in [-0.2, -0.15) is 0 Å². The van der Waals surface area contributed by atoms with Crippen LogP contribution < -0.4 is 11.5 Å². The van der Waals surface area contributed by atoms with Gasteiger partial charge < -0.3 is 11.5 Å². The second-order valence-corrected chi connectivity index (χ2v) is 5.95. The van der Waals surface area contributed by atoms with Gasteiger partial charge in [-0.1, -0.05) is 23.7 Å². The summed E-state index contributed by atoms with van der Waals surface area (Å²) in [4.78, 5) is 1.09. The molecule has 0 spiro atoms. The van der Waals surface area contributed by atoms with E-state index in [4.69, 9.17) is 23.1 Å². The Hall–Kier alpha value is -1.32. The third-order valence-electron chi connectivity index (χ3n) is 2.79. The molecule has 0 atom stereocenters. The summed E-state index contributed by atoms with van der Waals surface area (Å²) in [7, 11) is 0. The lowest BCUT2D eigenvalue weighted by Crippen LogP contribution is -1.92. The van der Waals surface area contributed by atoms with E-state index in [-0.39, 0.29) is 0 Å². The molecule has 0 unspecified atom stereocenters. The van der Waals surface area contributed by atoms with Crippen molar-refractivity contribution in [2.45, 2.75) is 17.7 Å². The van der Waals surface area contributed by atoms with Gasteiger partial charge in [0.2, 0.25) is 0 Å². The van der Waals surface area contributed by atoms with Crippen LogP contribution in [0.5, 0.6) is 0 Å². The molecular weight excluding hydrogens is 276 g/mol. The zero-order valence-corrected chi connectivity index (χ0v) is 12.2. The van der Waals surface area contributed by atoms with Crippen LogP contribution in [0.15, 0.2) is 47.4 Å². The van der Waals surface area contributed by atoms with Gasteiger partial charge in [0.25, 0.3) is 0 Å². The molecule has 19 heavy (non-hydrogen) atoms. The topological polar surface area (TPSA) is 52.0 Å². The number of hydrogen-bond donors (Lipinski definition) is 2. The molecule has 0 bridgehead atoms. The minimum Gasteiger partial charge on any atom is -0.399 e. The lowest BCUT2D eigenvalue weighted by atomic mass is 10.1. The predicted octanol–water partition coefficient (Wildman–Crippen LogP) is 4.23. The van der Waals surface area contributed by atoms with E-state index >= 15 is 0 Å². The molecule has 0 fully saturated rings. The van der Waals surface area contributed by atoms with E-state index in [1.807, 2.05) is 30.3 Å². The molecule has 2 aromatic carbocycles. The van der Waals surface area contributed by atoms with Gasteiger partial charge in [0, 0.05) is 21.3 Å². The molecule has 100 valence electrons. The van der Waals surface area contributed by atoms with Crippen molar-refractivity contribution in [3.8, 4) is 0 Å². The van der Waals surface area contributed by atoms with Gasteiger partial charge in [-0.05, 0) is 54.5 Å². The van der Waals surface area contributed by atoms with Crippen molar-refractivity contribution in [1.29, 1.82) is 0 Å². The fourth-order valence-corrected chi connectivity index (χ4v) is 2.94. The Balaban J connectivity index is 1.81. The van der Waals surface area contributed by atoms with E-state index in [9.17, 15) is 0 Å². The van der Waals surface area contributed by atoms with E-state index in [0.717, 1.165) is 34.9 Å². The van der Waals surface area contributed by atoms with E-state index in [1.165, 1.54) is 5.56 Å². The summed E-state index contributed by atoms with van der Waals surface area (Å²) in [5.41, 5.74) is 14.5. The quantitative estimate of drug-likeness (QED) is 0.492. The highest BCUT2D eigenvalue weighted by Gasteiger charge is 2.01. The van der Waals surface area contributed by atoms with E-state index in [1.54, 1.807) is 17.8 Å². The maximum atomic E-state index is 5.91. The maximum absolute atomic E-state index is 5.91. The van der Waals surface area contributed by atoms with Crippen LogP contribution in [-0.2, 0) is 6.42 Å². The Morgan fingerprint density at radius 1 is 1.05 bits per heavy atom. The first-order valence-corrected chi connectivity index (χ1v) is 7.54. The number of thioether (sulfide) groups is 1. The molecule has 2 nitrogen and oxygen atoms in total. The Kier molecular flexibility index (Phi) is 5.00. The molecule has 0 aliphatic carbocycles. The fraction of sp³-hybridized carbons (Fsp3) is 0.200. The van der Waals surface area contributed by atoms with Gasteiger partial charge in [0.1, 0.15) is 0 Å². The summed E-state index contributed by atoms with van der Waals surface area (Å²) in [6.07, 6.45) is 2.13. The van der Waals surface area contributed by atoms with Crippen molar-refractivity contribution in [3.63, 3.8) is 0 Å². The van der Waals surface area contributed by atoms with E-state index in [2.05, 4.69) is 6.07 Å². The number of aryl methyl sites for hydroxylation is 1. The number of rotatable bonds is 5. The first-order chi connectivity index (χ1) is 9.15. The van der Waals surface area contributed by atoms with Crippen molar-refractivity contribution in [2.75, 3.05) is 17.2 Å². The van der Waals surface area contributed by atoms with Gasteiger partial charge >= 0.3 is 0 Å². The summed E-state index contributed by atoms with van der Waals surface area (Å²) in [5.74, 6) is 1.03. The third-order valence-corrected chi connectivity index (χ3v) is 4.20. The Labute approximate surface area is 123 Å². The fourth-order valence-electron chi connectivity index (χ4n) is 1.86. The lowest BCUT2D eigenvalue weighted by molar-refractivity contribution is 0.934. The van der Waals surface area contributed by atoms with Crippen LogP contribution >= 0.6 is 23.4 Å². The number of halogens is 1. The summed E-state index contributed by atoms with van der Waals surface area (Å²) in [5, 5.41) is 0.682. The van der Waals surface area contributed by atoms with Crippen molar-refractivity contribution in [2.24, 2.45) is 0 Å². The second-order valence-electron chi connectivity index (χ2n) is 4.38. The van der Waals surface area contributed by atoms with Crippen LogP contribution in [0, 0.1) is 0 Å². The molecule has 0 radical (unpaired) electrons. The highest BCUT2D eigenvalue weighted by molar-refractivity contribution is 7.99. The zero-order valence-electron chi connectivity index (χ0n) is 10.6. The molecule has 0 heterocycles. The molecule has 0 saturated carbocycles. The molecule has 2 rings (SSSR count). The summed E-state index contributed by atoms with van der Waals surface area (Å²) >= 11 is 7.64. The summed E-state index contributed by atoms with van der Waals surface area (Å²) < 4.78 is 0. The SMILES string of the molecule is Nc1cccc(CCCSc2ccc(Cl)cc2N)c1. The average molecular weight is 293 g/mol.